The molecule has 1 atom stereocenters. The van der Waals surface area contributed by atoms with Gasteiger partial charge in [0.2, 0.25) is 5.91 Å². The normalized spacial score (nSPS) is 12.1. The molecule has 3 aromatic rings. The Morgan fingerprint density at radius 2 is 1.52 bits per heavy atom. The van der Waals surface area contributed by atoms with E-state index in [2.05, 4.69) is 10.0 Å². The summed E-state index contributed by atoms with van der Waals surface area (Å²) in [4.78, 5) is 14.3. The molecule has 0 radical (unpaired) electrons. The predicted octanol–water partition coefficient (Wildman–Crippen LogP) is 4.09. The molecule has 3 aromatic carbocycles. The van der Waals surface area contributed by atoms with Crippen LogP contribution in [0.5, 0.6) is 0 Å². The maximum absolute atomic E-state index is 13.0. The summed E-state index contributed by atoms with van der Waals surface area (Å²) in [6, 6.07) is 20.4. The number of halogens is 1. The molecule has 6 nitrogen and oxygen atoms in total. The fourth-order valence-corrected chi connectivity index (χ4v) is 4.10. The van der Waals surface area contributed by atoms with Gasteiger partial charge in [0.25, 0.3) is 10.0 Å². The smallest absolute Gasteiger partial charge is 0.261 e. The molecule has 0 aliphatic heterocycles. The van der Waals surface area contributed by atoms with Crippen LogP contribution in [0.1, 0.15) is 12.5 Å². The van der Waals surface area contributed by atoms with Crippen molar-refractivity contribution >= 4 is 27.3 Å². The number of nitrogens with zero attached hydrogens (tertiary/aromatic N) is 1. The Bertz CT molecular complexity index is 1120. The SMILES string of the molecule is C[C@@H](Nc1ccc(NS(=O)(=O)c2ccc(F)cc2)cc1)C(=O)N(C)Cc1ccccc1. The first kappa shape index (κ1) is 22.3. The first-order chi connectivity index (χ1) is 14.7. The molecule has 0 saturated heterocycles. The highest BCUT2D eigenvalue weighted by atomic mass is 32.2. The third-order valence-corrected chi connectivity index (χ3v) is 6.05. The fourth-order valence-electron chi connectivity index (χ4n) is 3.04. The van der Waals surface area contributed by atoms with Crippen molar-refractivity contribution in [1.29, 1.82) is 0 Å². The lowest BCUT2D eigenvalue weighted by Crippen LogP contribution is -2.38. The van der Waals surface area contributed by atoms with Gasteiger partial charge in [0, 0.05) is 25.0 Å². The topological polar surface area (TPSA) is 78.5 Å². The van der Waals surface area contributed by atoms with Crippen LogP contribution in [0.3, 0.4) is 0 Å². The van der Waals surface area contributed by atoms with Gasteiger partial charge in [-0.3, -0.25) is 9.52 Å². The minimum atomic E-state index is -3.82. The second-order valence-electron chi connectivity index (χ2n) is 7.18. The van der Waals surface area contributed by atoms with Crippen LogP contribution >= 0.6 is 0 Å². The van der Waals surface area contributed by atoms with E-state index in [1.54, 1.807) is 43.1 Å². The van der Waals surface area contributed by atoms with Crippen molar-refractivity contribution in [2.75, 3.05) is 17.1 Å². The van der Waals surface area contributed by atoms with E-state index < -0.39 is 21.9 Å². The van der Waals surface area contributed by atoms with Gasteiger partial charge in [-0.1, -0.05) is 30.3 Å². The maximum Gasteiger partial charge on any atom is 0.261 e. The van der Waals surface area contributed by atoms with E-state index in [1.165, 1.54) is 12.1 Å². The molecular weight excluding hydrogens is 417 g/mol. The average molecular weight is 442 g/mol. The van der Waals surface area contributed by atoms with E-state index in [9.17, 15) is 17.6 Å². The lowest BCUT2D eigenvalue weighted by Gasteiger charge is -2.23. The molecule has 0 spiro atoms. The number of carbonyl (C=O) groups is 1. The molecule has 0 aliphatic rings. The van der Waals surface area contributed by atoms with Gasteiger partial charge in [0.1, 0.15) is 11.9 Å². The number of nitrogens with one attached hydrogen (secondary N) is 2. The lowest BCUT2D eigenvalue weighted by atomic mass is 10.2. The second kappa shape index (κ2) is 9.61. The predicted molar refractivity (Wildman–Crippen MR) is 120 cm³/mol. The molecular formula is C23H24FN3O3S. The van der Waals surface area contributed by atoms with Gasteiger partial charge in [-0.05, 0) is 61.0 Å². The highest BCUT2D eigenvalue weighted by Crippen LogP contribution is 2.19. The Hall–Kier alpha value is -3.39. The first-order valence-corrected chi connectivity index (χ1v) is 11.2. The van der Waals surface area contributed by atoms with Crippen molar-refractivity contribution in [2.24, 2.45) is 0 Å². The highest BCUT2D eigenvalue weighted by molar-refractivity contribution is 7.92. The summed E-state index contributed by atoms with van der Waals surface area (Å²) in [6.45, 7) is 2.28. The summed E-state index contributed by atoms with van der Waals surface area (Å²) in [5, 5.41) is 3.13. The molecule has 0 unspecified atom stereocenters. The monoisotopic (exact) mass is 441 g/mol. The molecule has 2 N–H and O–H groups in total. The first-order valence-electron chi connectivity index (χ1n) is 9.68. The number of hydrogen-bond acceptors (Lipinski definition) is 4. The minimum Gasteiger partial charge on any atom is -0.374 e. The third-order valence-electron chi connectivity index (χ3n) is 4.65. The molecule has 0 bridgehead atoms. The summed E-state index contributed by atoms with van der Waals surface area (Å²) in [7, 11) is -2.07. The van der Waals surface area contributed by atoms with E-state index in [0.29, 0.717) is 17.9 Å². The van der Waals surface area contributed by atoms with Crippen molar-refractivity contribution in [2.45, 2.75) is 24.4 Å². The number of likely N-dealkylation sites (N-methyl/N-ethyl adjacent to an activating group) is 1. The molecule has 1 amide bonds. The second-order valence-corrected chi connectivity index (χ2v) is 8.87. The van der Waals surface area contributed by atoms with E-state index in [-0.39, 0.29) is 10.8 Å². The van der Waals surface area contributed by atoms with E-state index in [0.717, 1.165) is 17.7 Å². The van der Waals surface area contributed by atoms with Gasteiger partial charge in [-0.15, -0.1) is 0 Å². The van der Waals surface area contributed by atoms with Crippen molar-refractivity contribution < 1.29 is 17.6 Å². The number of hydrogen-bond donors (Lipinski definition) is 2. The molecule has 8 heteroatoms. The largest absolute Gasteiger partial charge is 0.374 e. The molecule has 0 heterocycles. The molecule has 0 aliphatic carbocycles. The van der Waals surface area contributed by atoms with Crippen molar-refractivity contribution in [3.63, 3.8) is 0 Å². The van der Waals surface area contributed by atoms with Gasteiger partial charge in [0.15, 0.2) is 0 Å². The van der Waals surface area contributed by atoms with Crippen LogP contribution in [0.25, 0.3) is 0 Å². The van der Waals surface area contributed by atoms with Crippen molar-refractivity contribution in [1.82, 2.24) is 4.90 Å². The maximum atomic E-state index is 13.0. The van der Waals surface area contributed by atoms with E-state index in [1.807, 2.05) is 30.3 Å². The van der Waals surface area contributed by atoms with Crippen LogP contribution < -0.4 is 10.0 Å². The number of sulfonamides is 1. The quantitative estimate of drug-likeness (QED) is 0.552. The van der Waals surface area contributed by atoms with Gasteiger partial charge < -0.3 is 10.2 Å². The molecule has 162 valence electrons. The summed E-state index contributed by atoms with van der Waals surface area (Å²) >= 11 is 0. The zero-order chi connectivity index (χ0) is 22.4. The Balaban J connectivity index is 1.59. The Morgan fingerprint density at radius 3 is 2.13 bits per heavy atom. The summed E-state index contributed by atoms with van der Waals surface area (Å²) in [6.07, 6.45) is 0. The summed E-state index contributed by atoms with van der Waals surface area (Å²) < 4.78 is 40.2. The number of anilines is 2. The van der Waals surface area contributed by atoms with Gasteiger partial charge >= 0.3 is 0 Å². The fraction of sp³-hybridized carbons (Fsp3) is 0.174. The number of carbonyl (C=O) groups excluding carboxylic acids is 1. The van der Waals surface area contributed by atoms with Crippen LogP contribution in [-0.4, -0.2) is 32.3 Å². The Kier molecular flexibility index (Phi) is 6.91. The van der Waals surface area contributed by atoms with Gasteiger partial charge in [-0.25, -0.2) is 12.8 Å². The van der Waals surface area contributed by atoms with Crippen LogP contribution in [0.4, 0.5) is 15.8 Å². The Morgan fingerprint density at radius 1 is 0.935 bits per heavy atom. The highest BCUT2D eigenvalue weighted by Gasteiger charge is 2.18. The number of amides is 1. The summed E-state index contributed by atoms with van der Waals surface area (Å²) in [5.74, 6) is -0.572. The van der Waals surface area contributed by atoms with E-state index >= 15 is 0 Å². The van der Waals surface area contributed by atoms with Crippen LogP contribution in [-0.2, 0) is 21.4 Å². The average Bonchev–Trinajstić information content (AvgIpc) is 2.75. The van der Waals surface area contributed by atoms with Crippen molar-refractivity contribution in [3.8, 4) is 0 Å². The standard InChI is InChI=1S/C23H24FN3O3S/c1-17(23(28)27(2)16-18-6-4-3-5-7-18)25-20-10-12-21(13-11-20)26-31(29,30)22-14-8-19(24)9-15-22/h3-15,17,25-26H,16H2,1-2H3/t17-/m1/s1. The van der Waals surface area contributed by atoms with Crippen LogP contribution in [0.2, 0.25) is 0 Å². The van der Waals surface area contributed by atoms with Crippen LogP contribution in [0, 0.1) is 5.82 Å². The number of rotatable bonds is 8. The molecule has 3 rings (SSSR count). The zero-order valence-electron chi connectivity index (χ0n) is 17.2. The van der Waals surface area contributed by atoms with Crippen molar-refractivity contribution in [3.05, 3.63) is 90.2 Å². The lowest BCUT2D eigenvalue weighted by molar-refractivity contribution is -0.130. The van der Waals surface area contributed by atoms with Crippen LogP contribution in [0.15, 0.2) is 83.8 Å². The number of benzene rings is 3. The molecule has 31 heavy (non-hydrogen) atoms. The molecule has 0 fully saturated rings. The van der Waals surface area contributed by atoms with E-state index in [4.69, 9.17) is 0 Å². The third kappa shape index (κ3) is 6.05. The van der Waals surface area contributed by atoms with Gasteiger partial charge in [0.05, 0.1) is 4.90 Å². The minimum absolute atomic E-state index is 0.0308. The Labute approximate surface area is 181 Å². The van der Waals surface area contributed by atoms with Gasteiger partial charge in [-0.2, -0.15) is 0 Å². The summed E-state index contributed by atoms with van der Waals surface area (Å²) in [5.41, 5.74) is 2.08. The zero-order valence-corrected chi connectivity index (χ0v) is 18.1. The molecule has 0 aromatic heterocycles. The molecule has 0 saturated carbocycles.